The van der Waals surface area contributed by atoms with Crippen molar-refractivity contribution in [3.8, 4) is 0 Å². The fourth-order valence-electron chi connectivity index (χ4n) is 0.541. The molecule has 60 valence electrons. The van der Waals surface area contributed by atoms with Crippen LogP contribution in [0.4, 0.5) is 0 Å². The fraction of sp³-hybridized carbons (Fsp3) is 0.875. The van der Waals surface area contributed by atoms with Gasteiger partial charge in [0, 0.05) is 0 Å². The van der Waals surface area contributed by atoms with Gasteiger partial charge in [0.1, 0.15) is 6.10 Å². The summed E-state index contributed by atoms with van der Waals surface area (Å²) in [5.74, 6) is 0.0975. The molecule has 0 bridgehead atoms. The van der Waals surface area contributed by atoms with Crippen LogP contribution in [0.25, 0.3) is 0 Å². The molecule has 0 aromatic carbocycles. The van der Waals surface area contributed by atoms with Gasteiger partial charge in [-0.3, -0.25) is 4.79 Å². The molecule has 2 atom stereocenters. The highest BCUT2D eigenvalue weighted by Gasteiger charge is 2.10. The molecule has 0 radical (unpaired) electrons. The van der Waals surface area contributed by atoms with Crippen molar-refractivity contribution >= 4 is 5.78 Å². The molecule has 0 aliphatic rings. The van der Waals surface area contributed by atoms with Crippen LogP contribution >= 0.6 is 0 Å². The van der Waals surface area contributed by atoms with Gasteiger partial charge in [-0.15, -0.1) is 0 Å². The van der Waals surface area contributed by atoms with Crippen LogP contribution in [-0.4, -0.2) is 18.0 Å². The highest BCUT2D eigenvalue weighted by molar-refractivity contribution is 5.79. The van der Waals surface area contributed by atoms with Gasteiger partial charge in [-0.25, -0.2) is 0 Å². The highest BCUT2D eigenvalue weighted by Crippen LogP contribution is 2.01. The van der Waals surface area contributed by atoms with Crippen molar-refractivity contribution < 1.29 is 9.53 Å². The Morgan fingerprint density at radius 2 is 2.00 bits per heavy atom. The number of carbonyl (C=O) groups excluding carboxylic acids is 1. The molecule has 2 heteroatoms. The minimum absolute atomic E-state index is 0.0975. The van der Waals surface area contributed by atoms with E-state index in [1.807, 2.05) is 13.8 Å². The molecular weight excluding hydrogens is 128 g/mol. The van der Waals surface area contributed by atoms with E-state index in [4.69, 9.17) is 4.74 Å². The topological polar surface area (TPSA) is 26.3 Å². The molecule has 10 heavy (non-hydrogen) atoms. The third-order valence-electron chi connectivity index (χ3n) is 1.58. The molecule has 0 saturated heterocycles. The predicted molar refractivity (Wildman–Crippen MR) is 41.0 cm³/mol. The Balaban J connectivity index is 3.56. The van der Waals surface area contributed by atoms with Crippen LogP contribution in [0.15, 0.2) is 0 Å². The summed E-state index contributed by atoms with van der Waals surface area (Å²) >= 11 is 0. The Bertz CT molecular complexity index is 110. The van der Waals surface area contributed by atoms with E-state index in [-0.39, 0.29) is 18.0 Å². The Hall–Kier alpha value is -0.370. The van der Waals surface area contributed by atoms with E-state index in [0.29, 0.717) is 0 Å². The van der Waals surface area contributed by atoms with Crippen molar-refractivity contribution in [2.75, 3.05) is 0 Å². The monoisotopic (exact) mass is 144 g/mol. The summed E-state index contributed by atoms with van der Waals surface area (Å²) in [5.41, 5.74) is 0. The summed E-state index contributed by atoms with van der Waals surface area (Å²) < 4.78 is 5.31. The zero-order chi connectivity index (χ0) is 8.15. The van der Waals surface area contributed by atoms with Crippen molar-refractivity contribution in [1.29, 1.82) is 0 Å². The van der Waals surface area contributed by atoms with Gasteiger partial charge in [0.2, 0.25) is 0 Å². The molecule has 0 aromatic heterocycles. The lowest BCUT2D eigenvalue weighted by molar-refractivity contribution is -0.130. The van der Waals surface area contributed by atoms with E-state index in [1.165, 1.54) is 0 Å². The van der Waals surface area contributed by atoms with Gasteiger partial charge in [0.05, 0.1) is 6.10 Å². The van der Waals surface area contributed by atoms with Gasteiger partial charge in [-0.05, 0) is 27.2 Å². The minimum atomic E-state index is -0.241. The second kappa shape index (κ2) is 4.45. The third kappa shape index (κ3) is 3.62. The lowest BCUT2D eigenvalue weighted by Gasteiger charge is -2.14. The maximum Gasteiger partial charge on any atom is 0.158 e. The Morgan fingerprint density at radius 3 is 2.30 bits per heavy atom. The van der Waals surface area contributed by atoms with E-state index in [9.17, 15) is 4.79 Å². The first kappa shape index (κ1) is 9.63. The Labute approximate surface area is 62.6 Å². The molecule has 0 aromatic rings. The van der Waals surface area contributed by atoms with E-state index in [1.54, 1.807) is 13.8 Å². The SMILES string of the molecule is CCC(C)OC(C)C(C)=O. The van der Waals surface area contributed by atoms with Crippen LogP contribution < -0.4 is 0 Å². The number of carbonyl (C=O) groups is 1. The number of hydrogen-bond donors (Lipinski definition) is 0. The van der Waals surface area contributed by atoms with Gasteiger partial charge >= 0.3 is 0 Å². The Kier molecular flexibility index (Phi) is 4.28. The molecule has 0 heterocycles. The number of Topliss-reactive ketones (excluding diaryl/α,β-unsaturated/α-hetero) is 1. The predicted octanol–water partition coefficient (Wildman–Crippen LogP) is 1.78. The van der Waals surface area contributed by atoms with Crippen molar-refractivity contribution in [3.05, 3.63) is 0 Å². The van der Waals surface area contributed by atoms with Crippen LogP contribution in [0, 0.1) is 0 Å². The number of ketones is 1. The first-order chi connectivity index (χ1) is 4.57. The van der Waals surface area contributed by atoms with Crippen LogP contribution in [0.5, 0.6) is 0 Å². The summed E-state index contributed by atoms with van der Waals surface area (Å²) in [4.78, 5) is 10.7. The highest BCUT2D eigenvalue weighted by atomic mass is 16.5. The summed E-state index contributed by atoms with van der Waals surface area (Å²) in [6.07, 6.45) is 0.909. The fourth-order valence-corrected chi connectivity index (χ4v) is 0.541. The maximum absolute atomic E-state index is 10.7. The van der Waals surface area contributed by atoms with E-state index in [0.717, 1.165) is 6.42 Å². The summed E-state index contributed by atoms with van der Waals surface area (Å²) in [7, 11) is 0. The van der Waals surface area contributed by atoms with Crippen LogP contribution in [0.3, 0.4) is 0 Å². The molecule has 0 saturated carbocycles. The number of rotatable bonds is 4. The lowest BCUT2D eigenvalue weighted by atomic mass is 10.2. The molecule has 0 spiro atoms. The number of hydrogen-bond acceptors (Lipinski definition) is 2. The molecule has 2 nitrogen and oxygen atoms in total. The van der Waals surface area contributed by atoms with Crippen molar-refractivity contribution in [2.24, 2.45) is 0 Å². The van der Waals surface area contributed by atoms with Gasteiger partial charge in [0.25, 0.3) is 0 Å². The molecule has 0 aliphatic heterocycles. The zero-order valence-corrected chi connectivity index (χ0v) is 7.18. The van der Waals surface area contributed by atoms with E-state index in [2.05, 4.69) is 0 Å². The van der Waals surface area contributed by atoms with Crippen LogP contribution in [-0.2, 0) is 9.53 Å². The summed E-state index contributed by atoms with van der Waals surface area (Å²) in [5, 5.41) is 0. The Morgan fingerprint density at radius 1 is 1.50 bits per heavy atom. The van der Waals surface area contributed by atoms with Crippen molar-refractivity contribution in [1.82, 2.24) is 0 Å². The first-order valence-corrected chi connectivity index (χ1v) is 3.73. The quantitative estimate of drug-likeness (QED) is 0.601. The molecule has 0 amide bonds. The zero-order valence-electron chi connectivity index (χ0n) is 7.18. The molecule has 2 unspecified atom stereocenters. The summed E-state index contributed by atoms with van der Waals surface area (Å²) in [6.45, 7) is 7.35. The number of ether oxygens (including phenoxy) is 1. The molecule has 0 fully saturated rings. The van der Waals surface area contributed by atoms with Crippen molar-refractivity contribution in [2.45, 2.75) is 46.3 Å². The molecule has 0 rings (SSSR count). The van der Waals surface area contributed by atoms with Gasteiger partial charge in [-0.1, -0.05) is 6.92 Å². The lowest BCUT2D eigenvalue weighted by Crippen LogP contribution is -2.22. The van der Waals surface area contributed by atoms with Gasteiger partial charge in [0.15, 0.2) is 5.78 Å². The third-order valence-corrected chi connectivity index (χ3v) is 1.58. The molecule has 0 aliphatic carbocycles. The second-order valence-corrected chi connectivity index (χ2v) is 2.61. The molecular formula is C8H16O2. The van der Waals surface area contributed by atoms with E-state index >= 15 is 0 Å². The minimum Gasteiger partial charge on any atom is -0.368 e. The van der Waals surface area contributed by atoms with E-state index < -0.39 is 0 Å². The van der Waals surface area contributed by atoms with Crippen LogP contribution in [0.2, 0.25) is 0 Å². The van der Waals surface area contributed by atoms with Gasteiger partial charge < -0.3 is 4.74 Å². The normalized spacial score (nSPS) is 16.4. The smallest absolute Gasteiger partial charge is 0.158 e. The largest absolute Gasteiger partial charge is 0.368 e. The first-order valence-electron chi connectivity index (χ1n) is 3.73. The van der Waals surface area contributed by atoms with Gasteiger partial charge in [-0.2, -0.15) is 0 Å². The molecule has 0 N–H and O–H groups in total. The standard InChI is InChI=1S/C8H16O2/c1-5-6(2)10-8(4)7(3)9/h6,8H,5H2,1-4H3. The average Bonchev–Trinajstić information content (AvgIpc) is 1.87. The average molecular weight is 144 g/mol. The van der Waals surface area contributed by atoms with Crippen molar-refractivity contribution in [3.63, 3.8) is 0 Å². The summed E-state index contributed by atoms with van der Waals surface area (Å²) in [6, 6.07) is 0. The second-order valence-electron chi connectivity index (χ2n) is 2.61. The maximum atomic E-state index is 10.7. The van der Waals surface area contributed by atoms with Crippen LogP contribution in [0.1, 0.15) is 34.1 Å².